The fourth-order valence-corrected chi connectivity index (χ4v) is 6.04. The molecule has 0 unspecified atom stereocenters. The van der Waals surface area contributed by atoms with Crippen molar-refractivity contribution in [3.63, 3.8) is 0 Å². The van der Waals surface area contributed by atoms with E-state index in [9.17, 15) is 4.79 Å². The summed E-state index contributed by atoms with van der Waals surface area (Å²) in [5.41, 5.74) is 3.25. The molecule has 5 rings (SSSR count). The number of amides is 1. The Labute approximate surface area is 208 Å². The molecule has 0 saturated carbocycles. The van der Waals surface area contributed by atoms with Crippen LogP contribution in [0.15, 0.2) is 82.2 Å². The number of rotatable bonds is 8. The lowest BCUT2D eigenvalue weighted by Gasteiger charge is -2.22. The molecule has 4 aromatic rings. The van der Waals surface area contributed by atoms with Gasteiger partial charge in [-0.05, 0) is 41.6 Å². The highest BCUT2D eigenvalue weighted by atomic mass is 32.2. The Balaban J connectivity index is 1.39. The predicted molar refractivity (Wildman–Crippen MR) is 141 cm³/mol. The molecule has 3 heterocycles. The number of ether oxygens (including phenoxy) is 1. The Morgan fingerprint density at radius 3 is 2.71 bits per heavy atom. The molecule has 1 amide bonds. The zero-order chi connectivity index (χ0) is 23.5. The maximum Gasteiger partial charge on any atom is 0.253 e. The van der Waals surface area contributed by atoms with Gasteiger partial charge in [-0.1, -0.05) is 43.3 Å². The van der Waals surface area contributed by atoms with E-state index in [1.807, 2.05) is 35.7 Å². The molecule has 5 nitrogen and oxygen atoms in total. The third-order valence-electron chi connectivity index (χ3n) is 6.04. The van der Waals surface area contributed by atoms with Gasteiger partial charge in [-0.3, -0.25) is 4.79 Å². The monoisotopic (exact) mass is 489 g/mol. The standard InChI is InChI=1S/C27H27N3O2S2/c1-3-14-29-17-26(21-7-4-5-8-23(21)29)34-18-27(31)30-24(19-10-12-20(32-2)13-11-19)16-22(28-30)25-9-6-15-33-25/h4-13,15,17,24H,3,14,16,18H2,1-2H3/t24-/m0/s1. The van der Waals surface area contributed by atoms with Crippen molar-refractivity contribution in [2.24, 2.45) is 5.10 Å². The first-order chi connectivity index (χ1) is 16.7. The van der Waals surface area contributed by atoms with E-state index in [0.717, 1.165) is 39.8 Å². The van der Waals surface area contributed by atoms with E-state index in [4.69, 9.17) is 9.84 Å². The molecule has 0 radical (unpaired) electrons. The SMILES string of the molecule is CCCn1cc(SCC(=O)N2N=C(c3cccs3)C[C@H]2c2ccc(OC)cc2)c2ccccc21. The fraction of sp³-hybridized carbons (Fsp3) is 0.259. The van der Waals surface area contributed by atoms with Crippen LogP contribution in [0.25, 0.3) is 10.9 Å². The van der Waals surface area contributed by atoms with Crippen molar-refractivity contribution in [3.8, 4) is 5.75 Å². The van der Waals surface area contributed by atoms with Gasteiger partial charge in [-0.2, -0.15) is 5.10 Å². The Morgan fingerprint density at radius 1 is 1.15 bits per heavy atom. The quantitative estimate of drug-likeness (QED) is 0.262. The Hall–Kier alpha value is -3.03. The molecular formula is C27H27N3O2S2. The molecule has 0 spiro atoms. The first-order valence-electron chi connectivity index (χ1n) is 11.5. The van der Waals surface area contributed by atoms with Crippen molar-refractivity contribution in [2.45, 2.75) is 37.2 Å². The molecule has 174 valence electrons. The van der Waals surface area contributed by atoms with E-state index in [0.29, 0.717) is 12.2 Å². The molecule has 0 aliphatic carbocycles. The van der Waals surface area contributed by atoms with E-state index < -0.39 is 0 Å². The number of fused-ring (bicyclic) bond motifs is 1. The van der Waals surface area contributed by atoms with E-state index in [1.54, 1.807) is 35.2 Å². The zero-order valence-electron chi connectivity index (χ0n) is 19.3. The minimum Gasteiger partial charge on any atom is -0.497 e. The van der Waals surface area contributed by atoms with Crippen LogP contribution in [-0.4, -0.2) is 34.1 Å². The topological polar surface area (TPSA) is 46.8 Å². The molecule has 2 aromatic carbocycles. The molecular weight excluding hydrogens is 462 g/mol. The van der Waals surface area contributed by atoms with Crippen molar-refractivity contribution in [1.29, 1.82) is 0 Å². The molecule has 1 atom stereocenters. The number of methoxy groups -OCH3 is 1. The normalized spacial score (nSPS) is 15.6. The first-order valence-corrected chi connectivity index (χ1v) is 13.3. The summed E-state index contributed by atoms with van der Waals surface area (Å²) in [5.74, 6) is 1.16. The second-order valence-electron chi connectivity index (χ2n) is 8.25. The van der Waals surface area contributed by atoms with Crippen molar-refractivity contribution in [3.05, 3.63) is 82.7 Å². The fourth-order valence-electron chi connectivity index (χ4n) is 4.38. The van der Waals surface area contributed by atoms with Crippen LogP contribution in [0.5, 0.6) is 5.75 Å². The van der Waals surface area contributed by atoms with Gasteiger partial charge in [0.1, 0.15) is 5.75 Å². The summed E-state index contributed by atoms with van der Waals surface area (Å²) in [7, 11) is 1.66. The van der Waals surface area contributed by atoms with Gasteiger partial charge < -0.3 is 9.30 Å². The molecule has 0 saturated heterocycles. The minimum absolute atomic E-state index is 0.0182. The number of aryl methyl sites for hydroxylation is 1. The second-order valence-corrected chi connectivity index (χ2v) is 10.2. The van der Waals surface area contributed by atoms with Crippen molar-refractivity contribution in [2.75, 3.05) is 12.9 Å². The summed E-state index contributed by atoms with van der Waals surface area (Å²) in [4.78, 5) is 15.7. The number of benzene rings is 2. The summed E-state index contributed by atoms with van der Waals surface area (Å²) in [6, 6.07) is 20.3. The van der Waals surface area contributed by atoms with Crippen LogP contribution in [-0.2, 0) is 11.3 Å². The molecule has 0 N–H and O–H groups in total. The summed E-state index contributed by atoms with van der Waals surface area (Å²) in [5, 5.41) is 9.74. The Bertz CT molecular complexity index is 1310. The number of carbonyl (C=O) groups is 1. The number of para-hydroxylation sites is 1. The lowest BCUT2D eigenvalue weighted by molar-refractivity contribution is -0.130. The van der Waals surface area contributed by atoms with Crippen LogP contribution in [0.2, 0.25) is 0 Å². The van der Waals surface area contributed by atoms with Gasteiger partial charge in [-0.25, -0.2) is 5.01 Å². The summed E-state index contributed by atoms with van der Waals surface area (Å²) < 4.78 is 7.60. The zero-order valence-corrected chi connectivity index (χ0v) is 20.9. The lowest BCUT2D eigenvalue weighted by atomic mass is 10.0. The van der Waals surface area contributed by atoms with Gasteiger partial charge in [0.25, 0.3) is 5.91 Å². The number of carbonyl (C=O) groups excluding carboxylic acids is 1. The van der Waals surface area contributed by atoms with E-state index in [-0.39, 0.29) is 11.9 Å². The van der Waals surface area contributed by atoms with Crippen LogP contribution in [0, 0.1) is 0 Å². The highest BCUT2D eigenvalue weighted by Crippen LogP contribution is 2.36. The van der Waals surface area contributed by atoms with Crippen molar-refractivity contribution < 1.29 is 9.53 Å². The number of aromatic nitrogens is 1. The molecule has 0 fully saturated rings. The minimum atomic E-state index is -0.113. The number of hydrogen-bond acceptors (Lipinski definition) is 5. The molecule has 34 heavy (non-hydrogen) atoms. The molecule has 2 aromatic heterocycles. The Kier molecular flexibility index (Phi) is 6.74. The summed E-state index contributed by atoms with van der Waals surface area (Å²) in [6.45, 7) is 3.15. The van der Waals surface area contributed by atoms with Gasteiger partial charge in [0.15, 0.2) is 0 Å². The largest absolute Gasteiger partial charge is 0.497 e. The first kappa shape index (κ1) is 22.7. The van der Waals surface area contributed by atoms with E-state index in [2.05, 4.69) is 48.0 Å². The number of hydrazone groups is 1. The van der Waals surface area contributed by atoms with Gasteiger partial charge in [-0.15, -0.1) is 23.1 Å². The predicted octanol–water partition coefficient (Wildman–Crippen LogP) is 6.59. The van der Waals surface area contributed by atoms with Crippen molar-refractivity contribution in [1.82, 2.24) is 9.58 Å². The number of thioether (sulfide) groups is 1. The third-order valence-corrected chi connectivity index (χ3v) is 7.99. The van der Waals surface area contributed by atoms with E-state index >= 15 is 0 Å². The maximum atomic E-state index is 13.5. The molecule has 0 bridgehead atoms. The maximum absolute atomic E-state index is 13.5. The molecule has 1 aliphatic heterocycles. The number of thiophene rings is 1. The van der Waals surface area contributed by atoms with Crippen LogP contribution < -0.4 is 4.74 Å². The molecule has 7 heteroatoms. The second kappa shape index (κ2) is 10.1. The summed E-state index contributed by atoms with van der Waals surface area (Å²) in [6.07, 6.45) is 3.95. The van der Waals surface area contributed by atoms with Crippen molar-refractivity contribution >= 4 is 45.6 Å². The van der Waals surface area contributed by atoms with Gasteiger partial charge >= 0.3 is 0 Å². The van der Waals surface area contributed by atoms with Gasteiger partial charge in [0.2, 0.25) is 0 Å². The van der Waals surface area contributed by atoms with E-state index in [1.165, 1.54) is 10.9 Å². The number of hydrogen-bond donors (Lipinski definition) is 0. The van der Waals surface area contributed by atoms with Gasteiger partial charge in [0, 0.05) is 35.0 Å². The lowest BCUT2D eigenvalue weighted by Crippen LogP contribution is -2.28. The highest BCUT2D eigenvalue weighted by Gasteiger charge is 2.33. The Morgan fingerprint density at radius 2 is 1.97 bits per heavy atom. The van der Waals surface area contributed by atoms with Crippen LogP contribution in [0.1, 0.15) is 36.2 Å². The average molecular weight is 490 g/mol. The smallest absolute Gasteiger partial charge is 0.253 e. The van der Waals surface area contributed by atoms with Crippen LogP contribution in [0.3, 0.4) is 0 Å². The average Bonchev–Trinajstić information content (AvgIpc) is 3.62. The molecule has 1 aliphatic rings. The summed E-state index contributed by atoms with van der Waals surface area (Å²) >= 11 is 3.25. The highest BCUT2D eigenvalue weighted by molar-refractivity contribution is 8.00. The van der Waals surface area contributed by atoms with Crippen LogP contribution in [0.4, 0.5) is 0 Å². The van der Waals surface area contributed by atoms with Crippen LogP contribution >= 0.6 is 23.1 Å². The third kappa shape index (κ3) is 4.50. The number of nitrogens with zero attached hydrogens (tertiary/aromatic N) is 3. The van der Waals surface area contributed by atoms with Gasteiger partial charge in [0.05, 0.1) is 29.5 Å².